The largest absolute Gasteiger partial charge is 0.497 e. The van der Waals surface area contributed by atoms with Crippen LogP contribution in [0.1, 0.15) is 56.6 Å². The first-order valence-corrected chi connectivity index (χ1v) is 10.9. The van der Waals surface area contributed by atoms with E-state index in [4.69, 9.17) is 9.47 Å². The van der Waals surface area contributed by atoms with Gasteiger partial charge in [0.25, 0.3) is 0 Å². The van der Waals surface area contributed by atoms with E-state index in [9.17, 15) is 9.59 Å². The minimum absolute atomic E-state index is 0.0377. The fourth-order valence-corrected chi connectivity index (χ4v) is 4.58. The van der Waals surface area contributed by atoms with Crippen LogP contribution < -0.4 is 10.1 Å². The van der Waals surface area contributed by atoms with Crippen molar-refractivity contribution in [1.82, 2.24) is 10.3 Å². The summed E-state index contributed by atoms with van der Waals surface area (Å²) >= 11 is 0. The van der Waals surface area contributed by atoms with Gasteiger partial charge >= 0.3 is 5.97 Å². The van der Waals surface area contributed by atoms with Crippen LogP contribution in [0, 0.1) is 0 Å². The Morgan fingerprint density at radius 1 is 1.12 bits per heavy atom. The standard InChI is InChI=1S/C26H28N2O4/c1-15(2)32-26(30)23-16(3)28-21-12-19(17-7-9-20(31-4)10-8-17)13-22(29)25(21)24(23)18-6-5-11-27-14-18/h5-11,14-15,19,24,28H,12-13H2,1-4H3/t19-,24-/m0/s1. The van der Waals surface area contributed by atoms with E-state index in [-0.39, 0.29) is 17.8 Å². The maximum absolute atomic E-state index is 13.5. The van der Waals surface area contributed by atoms with Crippen LogP contribution in [0.5, 0.6) is 5.75 Å². The summed E-state index contributed by atoms with van der Waals surface area (Å²) in [4.78, 5) is 30.8. The summed E-state index contributed by atoms with van der Waals surface area (Å²) in [5.74, 6) is -0.0109. The molecule has 1 N–H and O–H groups in total. The van der Waals surface area contributed by atoms with E-state index in [1.54, 1.807) is 19.5 Å². The number of ketones is 1. The zero-order chi connectivity index (χ0) is 22.8. The molecule has 0 saturated carbocycles. The average Bonchev–Trinajstić information content (AvgIpc) is 2.78. The number of methoxy groups -OCH3 is 1. The normalized spacial score (nSPS) is 20.7. The second-order valence-electron chi connectivity index (χ2n) is 8.53. The zero-order valence-electron chi connectivity index (χ0n) is 18.8. The number of aromatic nitrogens is 1. The molecule has 0 bridgehead atoms. The summed E-state index contributed by atoms with van der Waals surface area (Å²) in [6.07, 6.45) is 4.22. The maximum atomic E-state index is 13.5. The van der Waals surface area contributed by atoms with Gasteiger partial charge in [0.15, 0.2) is 5.78 Å². The molecule has 0 radical (unpaired) electrons. The molecule has 0 fully saturated rings. The van der Waals surface area contributed by atoms with E-state index in [1.807, 2.05) is 57.2 Å². The number of esters is 1. The lowest BCUT2D eigenvalue weighted by atomic mass is 9.72. The molecule has 1 aromatic heterocycles. The number of ether oxygens (including phenoxy) is 2. The molecule has 0 unspecified atom stereocenters. The lowest BCUT2D eigenvalue weighted by molar-refractivity contribution is -0.143. The smallest absolute Gasteiger partial charge is 0.337 e. The third-order valence-corrected chi connectivity index (χ3v) is 6.00. The molecular formula is C26H28N2O4. The number of carbonyl (C=O) groups is 2. The van der Waals surface area contributed by atoms with Gasteiger partial charge in [0, 0.05) is 41.7 Å². The number of allylic oxidation sites excluding steroid dienone is 3. The molecule has 2 aromatic rings. The molecule has 0 amide bonds. The highest BCUT2D eigenvalue weighted by Crippen LogP contribution is 2.45. The Balaban J connectivity index is 1.74. The first-order chi connectivity index (χ1) is 15.4. The van der Waals surface area contributed by atoms with Crippen LogP contribution in [0.15, 0.2) is 71.3 Å². The fraction of sp³-hybridized carbons (Fsp3) is 0.346. The van der Waals surface area contributed by atoms with Crippen molar-refractivity contribution in [2.45, 2.75) is 51.6 Å². The first-order valence-electron chi connectivity index (χ1n) is 10.9. The number of dihydropyridines is 1. The first kappa shape index (κ1) is 21.8. The van der Waals surface area contributed by atoms with Gasteiger partial charge in [-0.15, -0.1) is 0 Å². The Hall–Kier alpha value is -3.41. The van der Waals surface area contributed by atoms with Crippen molar-refractivity contribution in [3.8, 4) is 5.75 Å². The second-order valence-corrected chi connectivity index (χ2v) is 8.53. The summed E-state index contributed by atoms with van der Waals surface area (Å²) in [5.41, 5.74) is 4.61. The molecule has 2 heterocycles. The number of hydrogen-bond donors (Lipinski definition) is 1. The Bertz CT molecular complexity index is 1080. The quantitative estimate of drug-likeness (QED) is 0.706. The third-order valence-electron chi connectivity index (χ3n) is 6.00. The van der Waals surface area contributed by atoms with Crippen LogP contribution in [-0.4, -0.2) is 30.0 Å². The molecule has 6 nitrogen and oxygen atoms in total. The van der Waals surface area contributed by atoms with E-state index in [1.165, 1.54) is 0 Å². The predicted octanol–water partition coefficient (Wildman–Crippen LogP) is 4.40. The van der Waals surface area contributed by atoms with Crippen LogP contribution in [0.2, 0.25) is 0 Å². The molecule has 1 aromatic carbocycles. The molecule has 4 rings (SSSR count). The topological polar surface area (TPSA) is 77.5 Å². The molecule has 0 saturated heterocycles. The van der Waals surface area contributed by atoms with Crippen molar-refractivity contribution in [3.63, 3.8) is 0 Å². The van der Waals surface area contributed by atoms with Crippen LogP contribution in [-0.2, 0) is 14.3 Å². The van der Waals surface area contributed by atoms with Gasteiger partial charge in [0.1, 0.15) is 5.75 Å². The molecule has 166 valence electrons. The van der Waals surface area contributed by atoms with Crippen molar-refractivity contribution in [1.29, 1.82) is 0 Å². The van der Waals surface area contributed by atoms with Crippen LogP contribution >= 0.6 is 0 Å². The number of nitrogens with zero attached hydrogens (tertiary/aromatic N) is 1. The molecule has 6 heteroatoms. The summed E-state index contributed by atoms with van der Waals surface area (Å²) in [6, 6.07) is 11.6. The summed E-state index contributed by atoms with van der Waals surface area (Å²) in [6.45, 7) is 5.50. The molecule has 1 aliphatic heterocycles. The maximum Gasteiger partial charge on any atom is 0.337 e. The van der Waals surface area contributed by atoms with E-state index < -0.39 is 11.9 Å². The Kier molecular flexibility index (Phi) is 6.12. The number of pyridine rings is 1. The van der Waals surface area contributed by atoms with E-state index in [0.717, 1.165) is 22.6 Å². The minimum Gasteiger partial charge on any atom is -0.497 e. The molecule has 2 atom stereocenters. The second kappa shape index (κ2) is 8.99. The van der Waals surface area contributed by atoms with Gasteiger partial charge in [0.2, 0.25) is 0 Å². The molecular weight excluding hydrogens is 404 g/mol. The molecule has 0 spiro atoms. The van der Waals surface area contributed by atoms with Gasteiger partial charge in [-0.05, 0) is 62.4 Å². The van der Waals surface area contributed by atoms with Crippen molar-refractivity contribution in [2.24, 2.45) is 0 Å². The summed E-state index contributed by atoms with van der Waals surface area (Å²) in [7, 11) is 1.64. The van der Waals surface area contributed by atoms with E-state index >= 15 is 0 Å². The molecule has 32 heavy (non-hydrogen) atoms. The minimum atomic E-state index is -0.490. The van der Waals surface area contributed by atoms with Crippen molar-refractivity contribution in [2.75, 3.05) is 7.11 Å². The average molecular weight is 433 g/mol. The Morgan fingerprint density at radius 3 is 2.50 bits per heavy atom. The monoisotopic (exact) mass is 432 g/mol. The van der Waals surface area contributed by atoms with Gasteiger partial charge in [-0.2, -0.15) is 0 Å². The predicted molar refractivity (Wildman–Crippen MR) is 121 cm³/mol. The van der Waals surface area contributed by atoms with Crippen molar-refractivity contribution >= 4 is 11.8 Å². The number of hydrogen-bond acceptors (Lipinski definition) is 6. The van der Waals surface area contributed by atoms with Crippen LogP contribution in [0.4, 0.5) is 0 Å². The zero-order valence-corrected chi connectivity index (χ0v) is 18.8. The van der Waals surface area contributed by atoms with Gasteiger partial charge in [-0.3, -0.25) is 9.78 Å². The number of rotatable bonds is 5. The van der Waals surface area contributed by atoms with Gasteiger partial charge in [-0.1, -0.05) is 18.2 Å². The lowest BCUT2D eigenvalue weighted by Gasteiger charge is -2.36. The van der Waals surface area contributed by atoms with Gasteiger partial charge < -0.3 is 14.8 Å². The van der Waals surface area contributed by atoms with Crippen molar-refractivity contribution in [3.05, 3.63) is 82.5 Å². The summed E-state index contributed by atoms with van der Waals surface area (Å²) < 4.78 is 10.8. The molecule has 1 aliphatic carbocycles. The van der Waals surface area contributed by atoms with E-state index in [0.29, 0.717) is 29.7 Å². The van der Waals surface area contributed by atoms with Gasteiger partial charge in [-0.25, -0.2) is 4.79 Å². The number of benzene rings is 1. The number of carbonyl (C=O) groups excluding carboxylic acids is 2. The van der Waals surface area contributed by atoms with Crippen molar-refractivity contribution < 1.29 is 19.1 Å². The van der Waals surface area contributed by atoms with Crippen LogP contribution in [0.3, 0.4) is 0 Å². The lowest BCUT2D eigenvalue weighted by Crippen LogP contribution is -2.36. The highest BCUT2D eigenvalue weighted by Gasteiger charge is 2.41. The number of Topliss-reactive ketones (excluding diaryl/α,β-unsaturated/α-hetero) is 1. The van der Waals surface area contributed by atoms with Crippen LogP contribution in [0.25, 0.3) is 0 Å². The third kappa shape index (κ3) is 4.17. The van der Waals surface area contributed by atoms with Gasteiger partial charge in [0.05, 0.1) is 18.8 Å². The highest BCUT2D eigenvalue weighted by atomic mass is 16.5. The fourth-order valence-electron chi connectivity index (χ4n) is 4.58. The molecule has 2 aliphatic rings. The Morgan fingerprint density at radius 2 is 1.88 bits per heavy atom. The Labute approximate surface area is 188 Å². The van der Waals surface area contributed by atoms with E-state index in [2.05, 4.69) is 10.3 Å². The summed E-state index contributed by atoms with van der Waals surface area (Å²) in [5, 5.41) is 3.37. The SMILES string of the molecule is COc1ccc([C@@H]2CC(=O)C3=C(C2)NC(C)=C(C(=O)OC(C)C)[C@@H]3c2cccnc2)cc1. The number of nitrogens with one attached hydrogen (secondary N) is 1. The highest BCUT2D eigenvalue weighted by molar-refractivity contribution is 6.04.